The second-order valence-electron chi connectivity index (χ2n) is 12.5. The van der Waals surface area contributed by atoms with Crippen LogP contribution in [0.5, 0.6) is 0 Å². The molecule has 0 aliphatic heterocycles. The quantitative estimate of drug-likeness (QED) is 0.342. The van der Waals surface area contributed by atoms with Crippen LogP contribution in [0.4, 0.5) is 4.79 Å². The zero-order valence-electron chi connectivity index (χ0n) is 24.3. The van der Waals surface area contributed by atoms with E-state index in [4.69, 9.17) is 9.47 Å². The van der Waals surface area contributed by atoms with Gasteiger partial charge in [-0.2, -0.15) is 0 Å². The fraction of sp³-hybridized carbons (Fsp3) is 0.576. The minimum Gasteiger partial charge on any atom is -0.462 e. The topological polar surface area (TPSA) is 64.6 Å². The first-order valence-corrected chi connectivity index (χ1v) is 14.3. The number of alkyl carbamates (subject to hydrolysis) is 1. The smallest absolute Gasteiger partial charge is 0.407 e. The first kappa shape index (κ1) is 29.7. The van der Waals surface area contributed by atoms with E-state index in [0.717, 1.165) is 29.5 Å². The number of esters is 1. The first-order chi connectivity index (χ1) is 17.9. The predicted molar refractivity (Wildman–Crippen MR) is 154 cm³/mol. The molecule has 0 spiro atoms. The van der Waals surface area contributed by atoms with Crippen LogP contribution in [0.15, 0.2) is 54.6 Å². The summed E-state index contributed by atoms with van der Waals surface area (Å²) in [6.07, 6.45) is 3.80. The highest BCUT2D eigenvalue weighted by Gasteiger charge is 2.35. The molecule has 2 aromatic rings. The summed E-state index contributed by atoms with van der Waals surface area (Å²) < 4.78 is 11.6. The number of ether oxygens (including phenoxy) is 2. The van der Waals surface area contributed by atoms with E-state index in [9.17, 15) is 9.59 Å². The number of hydrogen-bond donors (Lipinski definition) is 1. The van der Waals surface area contributed by atoms with Crippen molar-refractivity contribution in [3.63, 3.8) is 0 Å². The van der Waals surface area contributed by atoms with Gasteiger partial charge in [-0.3, -0.25) is 4.79 Å². The molecule has 1 saturated carbocycles. The Kier molecular flexibility index (Phi) is 10.4. The van der Waals surface area contributed by atoms with E-state index in [1.807, 2.05) is 45.9 Å². The minimum absolute atomic E-state index is 0.0310. The molecule has 1 aliphatic carbocycles. The Hall–Kier alpha value is -2.82. The van der Waals surface area contributed by atoms with E-state index in [2.05, 4.69) is 62.5 Å². The number of carbonyl (C=O) groups is 2. The van der Waals surface area contributed by atoms with Crippen molar-refractivity contribution < 1.29 is 19.1 Å². The molecule has 2 aromatic carbocycles. The molecule has 1 N–H and O–H groups in total. The van der Waals surface area contributed by atoms with E-state index in [-0.39, 0.29) is 24.0 Å². The average Bonchev–Trinajstić information content (AvgIpc) is 2.83. The van der Waals surface area contributed by atoms with Crippen LogP contribution < -0.4 is 5.32 Å². The summed E-state index contributed by atoms with van der Waals surface area (Å²) in [7, 11) is 0. The maximum atomic E-state index is 13.2. The molecule has 0 unspecified atom stereocenters. The van der Waals surface area contributed by atoms with Crippen molar-refractivity contribution in [3.05, 3.63) is 60.2 Å². The zero-order valence-corrected chi connectivity index (χ0v) is 24.3. The first-order valence-electron chi connectivity index (χ1n) is 14.3. The molecule has 5 atom stereocenters. The third-order valence-electron chi connectivity index (χ3n) is 7.53. The van der Waals surface area contributed by atoms with Gasteiger partial charge in [0, 0.05) is 6.04 Å². The predicted octanol–water partition coefficient (Wildman–Crippen LogP) is 7.82. The molecule has 5 heteroatoms. The molecule has 0 aromatic heterocycles. The molecule has 38 heavy (non-hydrogen) atoms. The summed E-state index contributed by atoms with van der Waals surface area (Å²) in [5.41, 5.74) is 2.80. The highest BCUT2D eigenvalue weighted by Crippen LogP contribution is 2.36. The van der Waals surface area contributed by atoms with Crippen molar-refractivity contribution in [1.82, 2.24) is 5.32 Å². The SMILES string of the molecule is CC(C)[C@@H]1CC[C@@H](C)C[C@H]1OC(=O)[C@H](C)C[C@H](Cc1ccc(-c2ccccc2)cc1)NC(=O)OC(C)(C)C. The monoisotopic (exact) mass is 521 g/mol. The second kappa shape index (κ2) is 13.3. The van der Waals surface area contributed by atoms with Gasteiger partial charge in [0.1, 0.15) is 11.7 Å². The fourth-order valence-corrected chi connectivity index (χ4v) is 5.45. The Labute approximate surface area is 229 Å². The standard InChI is InChI=1S/C33H47NO4/c1-22(2)29-18-13-23(3)19-30(29)37-31(35)24(4)20-28(34-32(36)38-33(5,6)7)21-25-14-16-27(17-15-25)26-11-9-8-10-12-26/h8-12,14-17,22-24,28-30H,13,18-21H2,1-7H3,(H,34,36)/t23-,24-,28-,29+,30-/m1/s1. The van der Waals surface area contributed by atoms with Gasteiger partial charge in [-0.05, 0) is 80.9 Å². The van der Waals surface area contributed by atoms with Gasteiger partial charge in [-0.15, -0.1) is 0 Å². The Morgan fingerprint density at radius 1 is 0.947 bits per heavy atom. The third kappa shape index (κ3) is 9.18. The van der Waals surface area contributed by atoms with Gasteiger partial charge in [0.05, 0.1) is 5.92 Å². The van der Waals surface area contributed by atoms with Crippen molar-refractivity contribution in [1.29, 1.82) is 0 Å². The second-order valence-corrected chi connectivity index (χ2v) is 12.5. The Morgan fingerprint density at radius 3 is 2.18 bits per heavy atom. The summed E-state index contributed by atoms with van der Waals surface area (Å²) in [6, 6.07) is 18.4. The van der Waals surface area contributed by atoms with Gasteiger partial charge in [-0.1, -0.05) is 88.7 Å². The molecular formula is C33H47NO4. The zero-order chi connectivity index (χ0) is 27.9. The van der Waals surface area contributed by atoms with Crippen molar-refractivity contribution >= 4 is 12.1 Å². The number of nitrogens with one attached hydrogen (secondary N) is 1. The van der Waals surface area contributed by atoms with Crippen LogP contribution in [0, 0.1) is 23.7 Å². The molecule has 208 valence electrons. The van der Waals surface area contributed by atoms with Crippen molar-refractivity contribution in [2.24, 2.45) is 23.7 Å². The van der Waals surface area contributed by atoms with Gasteiger partial charge in [0.25, 0.3) is 0 Å². The van der Waals surface area contributed by atoms with Crippen LogP contribution in [-0.2, 0) is 20.7 Å². The van der Waals surface area contributed by atoms with Gasteiger partial charge < -0.3 is 14.8 Å². The van der Waals surface area contributed by atoms with E-state index < -0.39 is 11.7 Å². The van der Waals surface area contributed by atoms with Crippen molar-refractivity contribution in [2.45, 2.75) is 98.3 Å². The minimum atomic E-state index is -0.597. The van der Waals surface area contributed by atoms with Crippen LogP contribution in [0.3, 0.4) is 0 Å². The molecular weight excluding hydrogens is 474 g/mol. The maximum Gasteiger partial charge on any atom is 0.407 e. The summed E-state index contributed by atoms with van der Waals surface area (Å²) in [5, 5.41) is 3.02. The molecule has 0 radical (unpaired) electrons. The van der Waals surface area contributed by atoms with Crippen LogP contribution in [0.2, 0.25) is 0 Å². The van der Waals surface area contributed by atoms with Crippen molar-refractivity contribution in [2.75, 3.05) is 0 Å². The summed E-state index contributed by atoms with van der Waals surface area (Å²) in [5.74, 6) is 0.935. The number of amides is 1. The van der Waals surface area contributed by atoms with Gasteiger partial charge >= 0.3 is 12.1 Å². The van der Waals surface area contributed by atoms with E-state index in [1.165, 1.54) is 6.42 Å². The Bertz CT molecular complexity index is 1030. The Balaban J connectivity index is 1.69. The average molecular weight is 522 g/mol. The number of benzene rings is 2. The molecule has 3 rings (SSSR count). The normalized spacial score (nSPS) is 21.4. The molecule has 0 saturated heterocycles. The summed E-state index contributed by atoms with van der Waals surface area (Å²) >= 11 is 0. The molecule has 1 fully saturated rings. The summed E-state index contributed by atoms with van der Waals surface area (Å²) in [6.45, 7) is 14.1. The molecule has 5 nitrogen and oxygen atoms in total. The van der Waals surface area contributed by atoms with Crippen LogP contribution >= 0.6 is 0 Å². The number of hydrogen-bond acceptors (Lipinski definition) is 4. The Morgan fingerprint density at radius 2 is 1.58 bits per heavy atom. The lowest BCUT2D eigenvalue weighted by Gasteiger charge is -2.37. The lowest BCUT2D eigenvalue weighted by molar-refractivity contribution is -0.160. The molecule has 0 heterocycles. The van der Waals surface area contributed by atoms with Gasteiger partial charge in [-0.25, -0.2) is 4.79 Å². The third-order valence-corrected chi connectivity index (χ3v) is 7.53. The van der Waals surface area contributed by atoms with Crippen LogP contribution in [-0.4, -0.2) is 29.8 Å². The highest BCUT2D eigenvalue weighted by atomic mass is 16.6. The van der Waals surface area contributed by atoms with Crippen molar-refractivity contribution in [3.8, 4) is 11.1 Å². The highest BCUT2D eigenvalue weighted by molar-refractivity contribution is 5.73. The van der Waals surface area contributed by atoms with E-state index in [1.54, 1.807) is 0 Å². The van der Waals surface area contributed by atoms with Crippen LogP contribution in [0.1, 0.15) is 79.7 Å². The van der Waals surface area contributed by atoms with E-state index >= 15 is 0 Å². The van der Waals surface area contributed by atoms with Crippen LogP contribution in [0.25, 0.3) is 11.1 Å². The lowest BCUT2D eigenvalue weighted by Crippen LogP contribution is -2.42. The molecule has 0 bridgehead atoms. The maximum absolute atomic E-state index is 13.2. The molecule has 1 aliphatic rings. The number of rotatable bonds is 9. The largest absolute Gasteiger partial charge is 0.462 e. The lowest BCUT2D eigenvalue weighted by atomic mass is 9.75. The van der Waals surface area contributed by atoms with E-state index in [0.29, 0.717) is 30.6 Å². The van der Waals surface area contributed by atoms with Gasteiger partial charge in [0.15, 0.2) is 0 Å². The molecule has 1 amide bonds. The summed E-state index contributed by atoms with van der Waals surface area (Å²) in [4.78, 5) is 25.9. The number of carbonyl (C=O) groups excluding carboxylic acids is 2. The van der Waals surface area contributed by atoms with Gasteiger partial charge in [0.2, 0.25) is 0 Å². The fourth-order valence-electron chi connectivity index (χ4n) is 5.45.